The van der Waals surface area contributed by atoms with Gasteiger partial charge in [0, 0.05) is 6.54 Å². The standard InChI is InChI=1S/C5H12N2S2/c1-4(2)3-7(9)5(6)8/h4,9H,3H2,1-2H3,(H2,6,8). The first-order valence-electron chi connectivity index (χ1n) is 2.80. The van der Waals surface area contributed by atoms with Crippen LogP contribution in [0.4, 0.5) is 0 Å². The lowest BCUT2D eigenvalue weighted by Gasteiger charge is -2.16. The van der Waals surface area contributed by atoms with Gasteiger partial charge in [0.25, 0.3) is 0 Å². The minimum absolute atomic E-state index is 0.340. The topological polar surface area (TPSA) is 29.3 Å². The van der Waals surface area contributed by atoms with Gasteiger partial charge in [-0.3, -0.25) is 4.31 Å². The molecule has 2 N–H and O–H groups in total. The van der Waals surface area contributed by atoms with Crippen molar-refractivity contribution in [1.82, 2.24) is 4.31 Å². The summed E-state index contributed by atoms with van der Waals surface area (Å²) in [4.78, 5) is 0. The molecule has 0 spiro atoms. The lowest BCUT2D eigenvalue weighted by molar-refractivity contribution is 0.530. The highest BCUT2D eigenvalue weighted by Gasteiger charge is 2.01. The maximum Gasteiger partial charge on any atom is 0.176 e. The fourth-order valence-electron chi connectivity index (χ4n) is 0.436. The molecule has 0 saturated heterocycles. The molecule has 0 heterocycles. The van der Waals surface area contributed by atoms with E-state index in [0.717, 1.165) is 6.54 Å². The molecule has 9 heavy (non-hydrogen) atoms. The zero-order chi connectivity index (χ0) is 7.44. The van der Waals surface area contributed by atoms with Crippen molar-refractivity contribution in [3.63, 3.8) is 0 Å². The van der Waals surface area contributed by atoms with Crippen LogP contribution in [-0.4, -0.2) is 16.0 Å². The lowest BCUT2D eigenvalue weighted by atomic mass is 10.2. The van der Waals surface area contributed by atoms with Gasteiger partial charge >= 0.3 is 0 Å². The first-order valence-corrected chi connectivity index (χ1v) is 3.60. The molecule has 0 rings (SSSR count). The molecule has 0 aromatic rings. The normalized spacial score (nSPS) is 9.78. The number of thiol groups is 1. The van der Waals surface area contributed by atoms with E-state index in [4.69, 9.17) is 5.73 Å². The molecule has 0 saturated carbocycles. The summed E-state index contributed by atoms with van der Waals surface area (Å²) in [6, 6.07) is 0. The molecule has 54 valence electrons. The molecule has 0 atom stereocenters. The number of thiocarbonyl (C=S) groups is 1. The monoisotopic (exact) mass is 164 g/mol. The van der Waals surface area contributed by atoms with E-state index in [-0.39, 0.29) is 0 Å². The Kier molecular flexibility index (Phi) is 3.97. The van der Waals surface area contributed by atoms with Crippen LogP contribution in [-0.2, 0) is 0 Å². The minimum Gasteiger partial charge on any atom is -0.375 e. The molecule has 0 aromatic heterocycles. The zero-order valence-electron chi connectivity index (χ0n) is 5.66. The van der Waals surface area contributed by atoms with E-state index >= 15 is 0 Å². The van der Waals surface area contributed by atoms with Gasteiger partial charge in [-0.2, -0.15) is 0 Å². The molecular formula is C5H12N2S2. The second-order valence-corrected chi connectivity index (χ2v) is 3.22. The van der Waals surface area contributed by atoms with Crippen LogP contribution in [0.15, 0.2) is 0 Å². The SMILES string of the molecule is CC(C)CN(S)C(N)=S. The summed E-state index contributed by atoms with van der Waals surface area (Å²) < 4.78 is 1.57. The molecule has 0 radical (unpaired) electrons. The molecule has 2 nitrogen and oxygen atoms in total. The molecule has 0 fully saturated rings. The van der Waals surface area contributed by atoms with Crippen LogP contribution < -0.4 is 5.73 Å². The number of hydrogen-bond donors (Lipinski definition) is 2. The predicted molar refractivity (Wildman–Crippen MR) is 47.3 cm³/mol. The summed E-state index contributed by atoms with van der Waals surface area (Å²) >= 11 is 8.70. The van der Waals surface area contributed by atoms with E-state index in [0.29, 0.717) is 11.0 Å². The average Bonchev–Trinajstić information content (AvgIpc) is 1.63. The second-order valence-electron chi connectivity index (χ2n) is 2.31. The molecule has 0 aliphatic rings. The summed E-state index contributed by atoms with van der Waals surface area (Å²) in [5.41, 5.74) is 5.27. The summed E-state index contributed by atoms with van der Waals surface area (Å²) in [6.45, 7) is 4.97. The van der Waals surface area contributed by atoms with Crippen molar-refractivity contribution in [3.05, 3.63) is 0 Å². The largest absolute Gasteiger partial charge is 0.375 e. The van der Waals surface area contributed by atoms with E-state index < -0.39 is 0 Å². The van der Waals surface area contributed by atoms with E-state index in [1.54, 1.807) is 4.31 Å². The van der Waals surface area contributed by atoms with Crippen LogP contribution in [0.2, 0.25) is 0 Å². The molecule has 0 aliphatic carbocycles. The Morgan fingerprint density at radius 1 is 1.78 bits per heavy atom. The first kappa shape index (κ1) is 9.04. The highest BCUT2D eigenvalue weighted by atomic mass is 32.1. The van der Waals surface area contributed by atoms with Crippen molar-refractivity contribution >= 4 is 30.1 Å². The number of hydrogen-bond acceptors (Lipinski definition) is 2. The first-order chi connectivity index (χ1) is 4.04. The van der Waals surface area contributed by atoms with Gasteiger partial charge in [0.15, 0.2) is 5.11 Å². The second kappa shape index (κ2) is 3.95. The maximum atomic E-state index is 5.27. The van der Waals surface area contributed by atoms with E-state index in [9.17, 15) is 0 Å². The summed E-state index contributed by atoms with van der Waals surface area (Å²) in [5.74, 6) is 0.545. The lowest BCUT2D eigenvalue weighted by Crippen LogP contribution is -2.30. The molecule has 0 unspecified atom stereocenters. The van der Waals surface area contributed by atoms with Crippen molar-refractivity contribution in [2.24, 2.45) is 11.7 Å². The van der Waals surface area contributed by atoms with Crippen LogP contribution in [0, 0.1) is 5.92 Å². The van der Waals surface area contributed by atoms with Crippen LogP contribution in [0.5, 0.6) is 0 Å². The smallest absolute Gasteiger partial charge is 0.176 e. The Bertz CT molecular complexity index is 103. The van der Waals surface area contributed by atoms with Gasteiger partial charge in [-0.1, -0.05) is 26.7 Å². The van der Waals surface area contributed by atoms with Gasteiger partial charge in [0.2, 0.25) is 0 Å². The Labute approximate surface area is 66.9 Å². The Hall–Kier alpha value is 0.0400. The zero-order valence-corrected chi connectivity index (χ0v) is 7.38. The third-order valence-corrected chi connectivity index (χ3v) is 1.53. The van der Waals surface area contributed by atoms with Crippen LogP contribution in [0.1, 0.15) is 13.8 Å². The molecule has 0 aromatic carbocycles. The van der Waals surface area contributed by atoms with Gasteiger partial charge in [0.05, 0.1) is 0 Å². The molecular weight excluding hydrogens is 152 g/mol. The molecule has 0 amide bonds. The van der Waals surface area contributed by atoms with Gasteiger partial charge in [0.1, 0.15) is 0 Å². The molecule has 0 bridgehead atoms. The van der Waals surface area contributed by atoms with Crippen molar-refractivity contribution < 1.29 is 0 Å². The van der Waals surface area contributed by atoms with Crippen molar-refractivity contribution in [1.29, 1.82) is 0 Å². The van der Waals surface area contributed by atoms with E-state index in [1.165, 1.54) is 0 Å². The number of rotatable bonds is 2. The van der Waals surface area contributed by atoms with Crippen molar-refractivity contribution in [2.45, 2.75) is 13.8 Å². The van der Waals surface area contributed by atoms with Crippen molar-refractivity contribution in [2.75, 3.05) is 6.54 Å². The third kappa shape index (κ3) is 4.54. The summed E-state index contributed by atoms with van der Waals surface area (Å²) in [7, 11) is 0. The predicted octanol–water partition coefficient (Wildman–Crippen LogP) is 1.03. The van der Waals surface area contributed by atoms with Gasteiger partial charge in [-0.25, -0.2) is 0 Å². The highest BCUT2D eigenvalue weighted by molar-refractivity contribution is 7.84. The van der Waals surface area contributed by atoms with E-state index in [1.807, 2.05) is 0 Å². The Morgan fingerprint density at radius 3 is 2.33 bits per heavy atom. The summed E-state index contributed by atoms with van der Waals surface area (Å²) in [5, 5.41) is 0.340. The van der Waals surface area contributed by atoms with Gasteiger partial charge in [-0.05, 0) is 18.1 Å². The number of nitrogens with zero attached hydrogens (tertiary/aromatic N) is 1. The highest BCUT2D eigenvalue weighted by Crippen LogP contribution is 1.99. The fourth-order valence-corrected chi connectivity index (χ4v) is 0.837. The minimum atomic E-state index is 0.340. The van der Waals surface area contributed by atoms with Crippen molar-refractivity contribution in [3.8, 4) is 0 Å². The Balaban J connectivity index is 3.50. The fraction of sp³-hybridized carbons (Fsp3) is 0.800. The third-order valence-electron chi connectivity index (χ3n) is 0.792. The molecule has 4 heteroatoms. The maximum absolute atomic E-state index is 5.27. The molecule has 0 aliphatic heterocycles. The van der Waals surface area contributed by atoms with E-state index in [2.05, 4.69) is 38.9 Å². The van der Waals surface area contributed by atoms with Crippen LogP contribution in [0.25, 0.3) is 0 Å². The number of nitrogens with two attached hydrogens (primary N) is 1. The van der Waals surface area contributed by atoms with Crippen LogP contribution >= 0.6 is 25.0 Å². The van der Waals surface area contributed by atoms with Crippen LogP contribution in [0.3, 0.4) is 0 Å². The quantitative estimate of drug-likeness (QED) is 0.472. The summed E-state index contributed by atoms with van der Waals surface area (Å²) in [6.07, 6.45) is 0. The Morgan fingerprint density at radius 2 is 2.22 bits per heavy atom. The average molecular weight is 164 g/mol. The van der Waals surface area contributed by atoms with Gasteiger partial charge in [-0.15, -0.1) is 0 Å². The van der Waals surface area contributed by atoms with Gasteiger partial charge < -0.3 is 5.73 Å².